The fourth-order valence-corrected chi connectivity index (χ4v) is 2.97. The fourth-order valence-electron chi connectivity index (χ4n) is 2.97. The van der Waals surface area contributed by atoms with Crippen LogP contribution < -0.4 is 10.1 Å². The minimum atomic E-state index is -0.291. The van der Waals surface area contributed by atoms with Crippen molar-refractivity contribution in [3.63, 3.8) is 0 Å². The number of rotatable bonds is 7. The second kappa shape index (κ2) is 9.21. The molecule has 7 heteroatoms. The number of ether oxygens (including phenoxy) is 1. The first-order chi connectivity index (χ1) is 15.1. The number of halogens is 1. The summed E-state index contributed by atoms with van der Waals surface area (Å²) >= 11 is 0. The molecule has 0 fully saturated rings. The molecule has 0 saturated carbocycles. The summed E-state index contributed by atoms with van der Waals surface area (Å²) in [5.74, 6) is 1.43. The van der Waals surface area contributed by atoms with Gasteiger partial charge in [-0.2, -0.15) is 4.98 Å². The van der Waals surface area contributed by atoms with Crippen LogP contribution in [0.5, 0.6) is 11.5 Å². The highest BCUT2D eigenvalue weighted by molar-refractivity contribution is 5.92. The second-order valence-corrected chi connectivity index (χ2v) is 6.94. The number of para-hydroxylation sites is 3. The molecular weight excluding hydrogens is 397 g/mol. The Labute approximate surface area is 178 Å². The maximum Gasteiger partial charge on any atom is 0.227 e. The highest BCUT2D eigenvalue weighted by Gasteiger charge is 2.13. The number of anilines is 1. The summed E-state index contributed by atoms with van der Waals surface area (Å²) in [5.41, 5.74) is 1.73. The van der Waals surface area contributed by atoms with Crippen molar-refractivity contribution in [1.29, 1.82) is 0 Å². The molecule has 4 aromatic rings. The lowest BCUT2D eigenvalue weighted by Crippen LogP contribution is -2.13. The zero-order valence-electron chi connectivity index (χ0n) is 16.8. The maximum atomic E-state index is 13.4. The highest BCUT2D eigenvalue weighted by atomic mass is 19.1. The lowest BCUT2D eigenvalue weighted by molar-refractivity contribution is -0.116. The number of carbonyl (C=O) groups excluding carboxylic acids is 1. The van der Waals surface area contributed by atoms with E-state index < -0.39 is 0 Å². The Morgan fingerprint density at radius 1 is 1.06 bits per heavy atom. The van der Waals surface area contributed by atoms with Crippen LogP contribution in [0.4, 0.5) is 10.1 Å². The predicted octanol–water partition coefficient (Wildman–Crippen LogP) is 5.55. The summed E-state index contributed by atoms with van der Waals surface area (Å²) in [4.78, 5) is 16.7. The summed E-state index contributed by atoms with van der Waals surface area (Å²) in [6, 6.07) is 21.2. The van der Waals surface area contributed by atoms with Crippen LogP contribution in [0.25, 0.3) is 11.4 Å². The van der Waals surface area contributed by atoms with Gasteiger partial charge < -0.3 is 14.6 Å². The largest absolute Gasteiger partial charge is 0.455 e. The third-order valence-electron chi connectivity index (χ3n) is 4.58. The molecule has 1 heterocycles. The van der Waals surface area contributed by atoms with E-state index in [0.29, 0.717) is 40.0 Å². The van der Waals surface area contributed by atoms with Gasteiger partial charge in [0.15, 0.2) is 5.75 Å². The van der Waals surface area contributed by atoms with Gasteiger partial charge in [-0.1, -0.05) is 35.5 Å². The zero-order valence-corrected chi connectivity index (χ0v) is 16.8. The van der Waals surface area contributed by atoms with E-state index in [-0.39, 0.29) is 24.6 Å². The number of carbonyl (C=O) groups is 1. The van der Waals surface area contributed by atoms with E-state index in [2.05, 4.69) is 15.5 Å². The van der Waals surface area contributed by atoms with Gasteiger partial charge in [0.25, 0.3) is 0 Å². The van der Waals surface area contributed by atoms with Crippen molar-refractivity contribution >= 4 is 11.6 Å². The lowest BCUT2D eigenvalue weighted by Gasteiger charge is -2.11. The van der Waals surface area contributed by atoms with Gasteiger partial charge in [0.2, 0.25) is 17.6 Å². The molecule has 4 rings (SSSR count). The summed E-state index contributed by atoms with van der Waals surface area (Å²) in [5, 5.41) is 6.78. The highest BCUT2D eigenvalue weighted by Crippen LogP contribution is 2.29. The number of hydrogen-bond donors (Lipinski definition) is 1. The monoisotopic (exact) mass is 417 g/mol. The van der Waals surface area contributed by atoms with Crippen molar-refractivity contribution in [2.75, 3.05) is 5.32 Å². The molecule has 31 heavy (non-hydrogen) atoms. The van der Waals surface area contributed by atoms with E-state index in [1.165, 1.54) is 6.07 Å². The fraction of sp³-hybridized carbons (Fsp3) is 0.125. The average molecular weight is 417 g/mol. The van der Waals surface area contributed by atoms with E-state index in [1.807, 2.05) is 42.5 Å². The quantitative estimate of drug-likeness (QED) is 0.427. The van der Waals surface area contributed by atoms with Crippen LogP contribution in [-0.4, -0.2) is 16.0 Å². The van der Waals surface area contributed by atoms with Gasteiger partial charge in [0.1, 0.15) is 11.6 Å². The minimum absolute atomic E-state index is 0.156. The number of benzene rings is 3. The summed E-state index contributed by atoms with van der Waals surface area (Å²) < 4.78 is 24.5. The minimum Gasteiger partial charge on any atom is -0.455 e. The molecule has 0 bridgehead atoms. The van der Waals surface area contributed by atoms with Crippen LogP contribution in [0, 0.1) is 12.7 Å². The molecule has 0 spiro atoms. The molecule has 1 aromatic heterocycles. The van der Waals surface area contributed by atoms with Crippen LogP contribution >= 0.6 is 0 Å². The van der Waals surface area contributed by atoms with E-state index >= 15 is 0 Å². The standard InChI is InChI=1S/C24H20FN3O3/c1-16-15-17(11-12-19(16)25)24-27-23(31-28-24)14-13-22(29)26-20-9-5-6-10-21(20)30-18-7-3-2-4-8-18/h2-12,15H,13-14H2,1H3,(H,26,29). The molecule has 0 saturated heterocycles. The van der Waals surface area contributed by atoms with Gasteiger partial charge in [-0.25, -0.2) is 4.39 Å². The van der Waals surface area contributed by atoms with E-state index in [1.54, 1.807) is 31.2 Å². The summed E-state index contributed by atoms with van der Waals surface area (Å²) in [6.07, 6.45) is 0.435. The average Bonchev–Trinajstić information content (AvgIpc) is 3.25. The summed E-state index contributed by atoms with van der Waals surface area (Å²) in [6.45, 7) is 1.67. The molecule has 0 aliphatic rings. The van der Waals surface area contributed by atoms with Gasteiger partial charge in [-0.15, -0.1) is 0 Å². The van der Waals surface area contributed by atoms with Crippen LogP contribution in [0.3, 0.4) is 0 Å². The number of nitrogens with one attached hydrogen (secondary N) is 1. The molecule has 0 atom stereocenters. The lowest BCUT2D eigenvalue weighted by atomic mass is 10.1. The first-order valence-corrected chi connectivity index (χ1v) is 9.79. The third kappa shape index (κ3) is 5.14. The zero-order chi connectivity index (χ0) is 21.6. The van der Waals surface area contributed by atoms with Crippen LogP contribution in [0.1, 0.15) is 17.9 Å². The molecule has 1 amide bonds. The predicted molar refractivity (Wildman–Crippen MR) is 114 cm³/mol. The Kier molecular flexibility index (Phi) is 6.03. The SMILES string of the molecule is Cc1cc(-c2noc(CCC(=O)Nc3ccccc3Oc3ccccc3)n2)ccc1F. The Morgan fingerprint density at radius 3 is 2.65 bits per heavy atom. The second-order valence-electron chi connectivity index (χ2n) is 6.94. The third-order valence-corrected chi connectivity index (χ3v) is 4.58. The molecule has 0 radical (unpaired) electrons. The van der Waals surface area contributed by atoms with Crippen LogP contribution in [0.2, 0.25) is 0 Å². The van der Waals surface area contributed by atoms with Crippen LogP contribution in [-0.2, 0) is 11.2 Å². The molecule has 3 aromatic carbocycles. The molecule has 0 unspecified atom stereocenters. The van der Waals surface area contributed by atoms with Crippen molar-refractivity contribution in [3.05, 3.63) is 90.1 Å². The normalized spacial score (nSPS) is 10.6. The van der Waals surface area contributed by atoms with E-state index in [9.17, 15) is 9.18 Å². The van der Waals surface area contributed by atoms with Gasteiger partial charge in [0, 0.05) is 18.4 Å². The van der Waals surface area contributed by atoms with Crippen molar-refractivity contribution in [3.8, 4) is 22.9 Å². The molecule has 156 valence electrons. The maximum absolute atomic E-state index is 13.4. The molecule has 0 aliphatic heterocycles. The van der Waals surface area contributed by atoms with E-state index in [0.717, 1.165) is 0 Å². The van der Waals surface area contributed by atoms with E-state index in [4.69, 9.17) is 9.26 Å². The number of aryl methyl sites for hydroxylation is 2. The van der Waals surface area contributed by atoms with Gasteiger partial charge in [0.05, 0.1) is 5.69 Å². The van der Waals surface area contributed by atoms with Crippen molar-refractivity contribution in [2.45, 2.75) is 19.8 Å². The smallest absolute Gasteiger partial charge is 0.227 e. The van der Waals surface area contributed by atoms with Crippen molar-refractivity contribution in [1.82, 2.24) is 10.1 Å². The van der Waals surface area contributed by atoms with Crippen molar-refractivity contribution < 1.29 is 18.4 Å². The van der Waals surface area contributed by atoms with Gasteiger partial charge in [-0.05, 0) is 55.0 Å². The Bertz CT molecular complexity index is 1190. The molecule has 0 aliphatic carbocycles. The Hall–Kier alpha value is -4.00. The Morgan fingerprint density at radius 2 is 1.84 bits per heavy atom. The Balaban J connectivity index is 1.37. The van der Waals surface area contributed by atoms with Crippen molar-refractivity contribution in [2.24, 2.45) is 0 Å². The van der Waals surface area contributed by atoms with Gasteiger partial charge >= 0.3 is 0 Å². The molecule has 6 nitrogen and oxygen atoms in total. The topological polar surface area (TPSA) is 77.2 Å². The number of hydrogen-bond acceptors (Lipinski definition) is 5. The molecular formula is C24H20FN3O3. The van der Waals surface area contributed by atoms with Gasteiger partial charge in [-0.3, -0.25) is 4.79 Å². The van der Waals surface area contributed by atoms with Crippen LogP contribution in [0.15, 0.2) is 77.3 Å². The number of nitrogens with zero attached hydrogens (tertiary/aromatic N) is 2. The summed E-state index contributed by atoms with van der Waals surface area (Å²) in [7, 11) is 0. The first kappa shape index (κ1) is 20.3. The number of aromatic nitrogens is 2. The molecule has 1 N–H and O–H groups in total. The first-order valence-electron chi connectivity index (χ1n) is 9.79. The number of amides is 1.